The van der Waals surface area contributed by atoms with E-state index >= 15 is 0 Å². The van der Waals surface area contributed by atoms with Crippen molar-refractivity contribution in [2.45, 2.75) is 46.6 Å². The fourth-order valence-corrected chi connectivity index (χ4v) is 2.43. The zero-order valence-electron chi connectivity index (χ0n) is 17.6. The van der Waals surface area contributed by atoms with E-state index in [2.05, 4.69) is 20.6 Å². The minimum atomic E-state index is -2.96. The van der Waals surface area contributed by atoms with Crippen LogP contribution >= 0.6 is 0 Å². The Labute approximate surface area is 174 Å². The van der Waals surface area contributed by atoms with Gasteiger partial charge in [-0.05, 0) is 43.2 Å². The third-order valence-electron chi connectivity index (χ3n) is 4.18. The number of alkyl halides is 2. The van der Waals surface area contributed by atoms with Crippen LogP contribution in [-0.2, 0) is 4.79 Å². The molecule has 9 heteroatoms. The molecular weight excluding hydrogens is 394 g/mol. The Hall–Kier alpha value is -3.10. The summed E-state index contributed by atoms with van der Waals surface area (Å²) in [7, 11) is 0. The number of carbonyl (C=O) groups is 2. The van der Waals surface area contributed by atoms with E-state index in [0.29, 0.717) is 11.4 Å². The van der Waals surface area contributed by atoms with Crippen LogP contribution in [0.3, 0.4) is 0 Å². The molecule has 0 saturated carbocycles. The van der Waals surface area contributed by atoms with E-state index in [9.17, 15) is 18.4 Å². The van der Waals surface area contributed by atoms with Crippen LogP contribution in [0.25, 0.3) is 0 Å². The van der Waals surface area contributed by atoms with Gasteiger partial charge in [-0.3, -0.25) is 9.59 Å². The number of amides is 2. The maximum atomic E-state index is 13.0. The lowest BCUT2D eigenvalue weighted by Crippen LogP contribution is -2.28. The van der Waals surface area contributed by atoms with Crippen molar-refractivity contribution in [3.8, 4) is 5.75 Å². The largest absolute Gasteiger partial charge is 0.485 e. The van der Waals surface area contributed by atoms with Crippen LogP contribution in [0.1, 0.15) is 55.4 Å². The molecule has 0 saturated heterocycles. The molecule has 0 radical (unpaired) electrons. The van der Waals surface area contributed by atoms with Gasteiger partial charge in [0.1, 0.15) is 17.3 Å². The number of ether oxygens (including phenoxy) is 1. The Kier molecular flexibility index (Phi) is 7.42. The first-order chi connectivity index (χ1) is 14.0. The number of hydrogen-bond donors (Lipinski definition) is 2. The number of aryl methyl sites for hydroxylation is 1. The minimum absolute atomic E-state index is 0.136. The third-order valence-corrected chi connectivity index (χ3v) is 4.18. The molecule has 0 bridgehead atoms. The summed E-state index contributed by atoms with van der Waals surface area (Å²) in [5.41, 5.74) is 1.41. The minimum Gasteiger partial charge on any atom is -0.485 e. The first kappa shape index (κ1) is 23.2. The Balaban J connectivity index is 2.05. The molecule has 0 aromatic carbocycles. The molecule has 0 aliphatic rings. The zero-order valence-corrected chi connectivity index (χ0v) is 17.6. The smallest absolute Gasteiger partial charge is 0.278 e. The SMILES string of the molecule is Cc1cc(C(=O)NC(C)c2ccnc(NC(=O)C(C)C)c2)ncc1OCC(C)(F)F. The highest BCUT2D eigenvalue weighted by molar-refractivity contribution is 5.93. The summed E-state index contributed by atoms with van der Waals surface area (Å²) in [6.07, 6.45) is 2.80. The molecule has 162 valence electrons. The summed E-state index contributed by atoms with van der Waals surface area (Å²) >= 11 is 0. The third kappa shape index (κ3) is 6.75. The number of anilines is 1. The van der Waals surface area contributed by atoms with Gasteiger partial charge in [-0.1, -0.05) is 13.8 Å². The summed E-state index contributed by atoms with van der Waals surface area (Å²) < 4.78 is 31.0. The fourth-order valence-electron chi connectivity index (χ4n) is 2.43. The van der Waals surface area contributed by atoms with Gasteiger partial charge in [-0.25, -0.2) is 18.7 Å². The Morgan fingerprint density at radius 2 is 1.90 bits per heavy atom. The number of pyridine rings is 2. The first-order valence-corrected chi connectivity index (χ1v) is 9.51. The predicted molar refractivity (Wildman–Crippen MR) is 109 cm³/mol. The van der Waals surface area contributed by atoms with Crippen molar-refractivity contribution in [3.05, 3.63) is 47.4 Å². The number of hydrogen-bond acceptors (Lipinski definition) is 5. The van der Waals surface area contributed by atoms with Crippen molar-refractivity contribution in [2.24, 2.45) is 5.92 Å². The highest BCUT2D eigenvalue weighted by Crippen LogP contribution is 2.21. The van der Waals surface area contributed by atoms with Gasteiger partial charge in [0.25, 0.3) is 11.8 Å². The molecule has 2 amide bonds. The van der Waals surface area contributed by atoms with Crippen LogP contribution in [0.2, 0.25) is 0 Å². The molecule has 0 aliphatic carbocycles. The van der Waals surface area contributed by atoms with Crippen LogP contribution in [0.4, 0.5) is 14.6 Å². The number of carbonyl (C=O) groups excluding carboxylic acids is 2. The lowest BCUT2D eigenvalue weighted by atomic mass is 10.1. The lowest BCUT2D eigenvalue weighted by molar-refractivity contribution is -0.118. The second kappa shape index (κ2) is 9.60. The Morgan fingerprint density at radius 1 is 1.20 bits per heavy atom. The first-order valence-electron chi connectivity index (χ1n) is 9.51. The van der Waals surface area contributed by atoms with E-state index in [4.69, 9.17) is 4.74 Å². The maximum Gasteiger partial charge on any atom is 0.278 e. The highest BCUT2D eigenvalue weighted by atomic mass is 19.3. The molecule has 0 fully saturated rings. The van der Waals surface area contributed by atoms with Gasteiger partial charge in [0.15, 0.2) is 6.61 Å². The standard InChI is InChI=1S/C21H26F2N4O3/c1-12(2)19(28)27-18-9-15(6-7-24-18)14(4)26-20(29)16-8-13(3)17(10-25-16)30-11-21(5,22)23/h6-10,12,14H,11H2,1-5H3,(H,26,29)(H,24,27,28). The number of nitrogens with zero attached hydrogens (tertiary/aromatic N) is 2. The van der Waals surface area contributed by atoms with Crippen molar-refractivity contribution >= 4 is 17.6 Å². The van der Waals surface area contributed by atoms with E-state index in [0.717, 1.165) is 12.5 Å². The van der Waals surface area contributed by atoms with Crippen molar-refractivity contribution in [2.75, 3.05) is 11.9 Å². The number of halogens is 2. The predicted octanol–water partition coefficient (Wildman–Crippen LogP) is 3.90. The molecule has 0 aliphatic heterocycles. The average Bonchev–Trinajstić information content (AvgIpc) is 2.66. The molecule has 2 aromatic heterocycles. The van der Waals surface area contributed by atoms with E-state index in [1.54, 1.807) is 46.0 Å². The second-order valence-electron chi connectivity index (χ2n) is 7.51. The van der Waals surface area contributed by atoms with Crippen molar-refractivity contribution in [1.29, 1.82) is 0 Å². The monoisotopic (exact) mass is 420 g/mol. The van der Waals surface area contributed by atoms with Crippen molar-refractivity contribution < 1.29 is 23.1 Å². The summed E-state index contributed by atoms with van der Waals surface area (Å²) in [6.45, 7) is 6.99. The molecular formula is C21H26F2N4O3. The van der Waals surface area contributed by atoms with E-state index in [-0.39, 0.29) is 29.3 Å². The van der Waals surface area contributed by atoms with Crippen LogP contribution in [0.15, 0.2) is 30.6 Å². The van der Waals surface area contributed by atoms with Crippen LogP contribution in [-0.4, -0.2) is 34.3 Å². The molecule has 1 unspecified atom stereocenters. The van der Waals surface area contributed by atoms with Crippen LogP contribution in [0, 0.1) is 12.8 Å². The summed E-state index contributed by atoms with van der Waals surface area (Å²) in [6, 6.07) is 4.51. The molecule has 2 N–H and O–H groups in total. The topological polar surface area (TPSA) is 93.2 Å². The van der Waals surface area contributed by atoms with E-state index < -0.39 is 18.4 Å². The molecule has 2 aromatic rings. The Morgan fingerprint density at radius 3 is 2.50 bits per heavy atom. The summed E-state index contributed by atoms with van der Waals surface area (Å²) in [5.74, 6) is -3.13. The van der Waals surface area contributed by atoms with Gasteiger partial charge in [0, 0.05) is 19.0 Å². The Bertz CT molecular complexity index is 913. The molecule has 30 heavy (non-hydrogen) atoms. The zero-order chi connectivity index (χ0) is 22.5. The number of rotatable bonds is 8. The average molecular weight is 420 g/mol. The summed E-state index contributed by atoms with van der Waals surface area (Å²) in [5, 5.41) is 5.53. The van der Waals surface area contributed by atoms with Crippen LogP contribution in [0.5, 0.6) is 5.75 Å². The molecule has 2 rings (SSSR count). The van der Waals surface area contributed by atoms with E-state index in [1.165, 1.54) is 12.3 Å². The van der Waals surface area contributed by atoms with Gasteiger partial charge >= 0.3 is 0 Å². The van der Waals surface area contributed by atoms with Crippen molar-refractivity contribution in [1.82, 2.24) is 15.3 Å². The molecule has 0 spiro atoms. The van der Waals surface area contributed by atoms with Crippen LogP contribution < -0.4 is 15.4 Å². The number of aromatic nitrogens is 2. The number of nitrogens with one attached hydrogen (secondary N) is 2. The quantitative estimate of drug-likeness (QED) is 0.676. The molecule has 2 heterocycles. The normalized spacial score (nSPS) is 12.4. The molecule has 7 nitrogen and oxygen atoms in total. The van der Waals surface area contributed by atoms with Crippen molar-refractivity contribution in [3.63, 3.8) is 0 Å². The van der Waals surface area contributed by atoms with Gasteiger partial charge in [0.2, 0.25) is 5.91 Å². The van der Waals surface area contributed by atoms with Gasteiger partial charge in [-0.15, -0.1) is 0 Å². The van der Waals surface area contributed by atoms with E-state index in [1.807, 2.05) is 0 Å². The fraction of sp³-hybridized carbons (Fsp3) is 0.429. The lowest BCUT2D eigenvalue weighted by Gasteiger charge is -2.16. The summed E-state index contributed by atoms with van der Waals surface area (Å²) in [4.78, 5) is 32.5. The molecule has 1 atom stereocenters. The van der Waals surface area contributed by atoms with Gasteiger partial charge < -0.3 is 15.4 Å². The second-order valence-corrected chi connectivity index (χ2v) is 7.51. The maximum absolute atomic E-state index is 13.0. The van der Waals surface area contributed by atoms with Gasteiger partial charge in [0.05, 0.1) is 12.2 Å². The van der Waals surface area contributed by atoms with Gasteiger partial charge in [-0.2, -0.15) is 0 Å². The highest BCUT2D eigenvalue weighted by Gasteiger charge is 2.23.